The Morgan fingerprint density at radius 3 is 2.50 bits per heavy atom. The van der Waals surface area contributed by atoms with Gasteiger partial charge in [-0.15, -0.1) is 0 Å². The molecule has 2 aromatic heterocycles. The standard InChI is InChI=1S/C31H25FN4O5S/c1-3-24(21-5-4-6-23(15-21)41-27-17-33-18-28(34-27)42(2,39)40)30(20-10-7-19(8-11-20)9-14-29(37)38)22-12-13-26-25(16-22)31(32)36-35-26/h4-18H,3H2,1-2H3,(H,35,36)(H,37,38)/b14-9+,30-24?. The van der Waals surface area contributed by atoms with E-state index < -0.39 is 21.8 Å². The molecule has 0 unspecified atom stereocenters. The molecule has 9 nitrogen and oxygen atoms in total. The summed E-state index contributed by atoms with van der Waals surface area (Å²) in [6.07, 6.45) is 6.70. The van der Waals surface area contributed by atoms with E-state index in [0.29, 0.717) is 28.6 Å². The first-order valence-electron chi connectivity index (χ1n) is 12.8. The van der Waals surface area contributed by atoms with Crippen LogP contribution in [0, 0.1) is 5.95 Å². The van der Waals surface area contributed by atoms with Crippen molar-refractivity contribution < 1.29 is 27.4 Å². The molecule has 11 heteroatoms. The second kappa shape index (κ2) is 11.8. The maximum absolute atomic E-state index is 14.5. The number of carboxylic acids is 1. The molecule has 0 aliphatic heterocycles. The predicted molar refractivity (Wildman–Crippen MR) is 157 cm³/mol. The third-order valence-electron chi connectivity index (χ3n) is 6.44. The predicted octanol–water partition coefficient (Wildman–Crippen LogP) is 6.15. The van der Waals surface area contributed by atoms with Gasteiger partial charge in [0.15, 0.2) is 14.9 Å². The molecule has 0 spiro atoms. The van der Waals surface area contributed by atoms with Gasteiger partial charge in [-0.25, -0.2) is 13.2 Å². The van der Waals surface area contributed by atoms with Gasteiger partial charge in [-0.05, 0) is 70.2 Å². The van der Waals surface area contributed by atoms with Crippen LogP contribution >= 0.6 is 0 Å². The fraction of sp³-hybridized carbons (Fsp3) is 0.0968. The van der Waals surface area contributed by atoms with Gasteiger partial charge >= 0.3 is 5.97 Å². The van der Waals surface area contributed by atoms with Crippen molar-refractivity contribution in [3.63, 3.8) is 0 Å². The number of rotatable bonds is 9. The van der Waals surface area contributed by atoms with Crippen LogP contribution in [-0.2, 0) is 14.6 Å². The summed E-state index contributed by atoms with van der Waals surface area (Å²) in [6.45, 7) is 2.00. The van der Waals surface area contributed by atoms with E-state index in [0.717, 1.165) is 46.4 Å². The van der Waals surface area contributed by atoms with E-state index in [2.05, 4.69) is 20.2 Å². The van der Waals surface area contributed by atoms with Crippen molar-refractivity contribution in [1.82, 2.24) is 20.2 Å². The summed E-state index contributed by atoms with van der Waals surface area (Å²) in [5, 5.41) is 15.5. The lowest BCUT2D eigenvalue weighted by atomic mass is 9.87. The van der Waals surface area contributed by atoms with Crippen LogP contribution in [0.1, 0.15) is 35.6 Å². The smallest absolute Gasteiger partial charge is 0.328 e. The summed E-state index contributed by atoms with van der Waals surface area (Å²) in [7, 11) is -3.57. The van der Waals surface area contributed by atoms with Crippen LogP contribution in [0.15, 0.2) is 90.2 Å². The molecule has 0 aliphatic carbocycles. The minimum atomic E-state index is -3.57. The maximum Gasteiger partial charge on any atom is 0.328 e. The number of ether oxygens (including phenoxy) is 1. The van der Waals surface area contributed by atoms with Crippen LogP contribution in [0.4, 0.5) is 4.39 Å². The number of hydrogen-bond donors (Lipinski definition) is 2. The number of aromatic nitrogens is 4. The molecule has 2 heterocycles. The Bertz CT molecular complexity index is 1970. The van der Waals surface area contributed by atoms with Crippen LogP contribution in [-0.4, -0.2) is 45.9 Å². The first-order valence-corrected chi connectivity index (χ1v) is 14.7. The van der Waals surface area contributed by atoms with Gasteiger partial charge in [0.1, 0.15) is 5.75 Å². The zero-order valence-electron chi connectivity index (χ0n) is 22.6. The summed E-state index contributed by atoms with van der Waals surface area (Å²) in [5.41, 5.74) is 5.38. The number of nitrogens with zero attached hydrogens (tertiary/aromatic N) is 3. The first-order chi connectivity index (χ1) is 20.1. The minimum Gasteiger partial charge on any atom is -0.478 e. The third-order valence-corrected chi connectivity index (χ3v) is 7.40. The Kier molecular flexibility index (Phi) is 7.94. The number of aromatic amines is 1. The number of carbonyl (C=O) groups is 1. The van der Waals surface area contributed by atoms with E-state index in [-0.39, 0.29) is 10.9 Å². The molecule has 212 valence electrons. The Balaban J connectivity index is 1.63. The van der Waals surface area contributed by atoms with Crippen LogP contribution in [0.3, 0.4) is 0 Å². The minimum absolute atomic E-state index is 0.0308. The molecule has 5 aromatic rings. The fourth-order valence-corrected chi connectivity index (χ4v) is 5.04. The molecule has 0 saturated heterocycles. The largest absolute Gasteiger partial charge is 0.478 e. The molecule has 0 aliphatic rings. The zero-order chi connectivity index (χ0) is 29.9. The van der Waals surface area contributed by atoms with Gasteiger partial charge in [0, 0.05) is 12.3 Å². The number of aliphatic carboxylic acids is 1. The molecular weight excluding hydrogens is 559 g/mol. The molecule has 5 rings (SSSR count). The SMILES string of the molecule is CCC(=C(c1ccc(/C=C/C(=O)O)cc1)c1ccc2n[nH]c(F)c2c1)c1cccc(Oc2cncc(S(C)(=O)=O)n2)c1. The third kappa shape index (κ3) is 6.26. The number of nitrogens with one attached hydrogen (secondary N) is 1. The van der Waals surface area contributed by atoms with E-state index in [1.165, 1.54) is 12.3 Å². The van der Waals surface area contributed by atoms with E-state index in [1.807, 2.05) is 55.5 Å². The highest BCUT2D eigenvalue weighted by molar-refractivity contribution is 7.90. The fourth-order valence-electron chi connectivity index (χ4n) is 4.53. The number of hydrogen-bond acceptors (Lipinski definition) is 7. The zero-order valence-corrected chi connectivity index (χ0v) is 23.4. The van der Waals surface area contributed by atoms with Crippen LogP contribution < -0.4 is 4.74 Å². The molecule has 0 saturated carbocycles. The van der Waals surface area contributed by atoms with Crippen molar-refractivity contribution >= 4 is 43.9 Å². The maximum atomic E-state index is 14.5. The molecule has 3 aromatic carbocycles. The van der Waals surface area contributed by atoms with Gasteiger partial charge in [-0.3, -0.25) is 10.1 Å². The number of halogens is 1. The Labute approximate surface area is 241 Å². The average molecular weight is 585 g/mol. The van der Waals surface area contributed by atoms with Crippen LogP contribution in [0.5, 0.6) is 11.6 Å². The normalized spacial score (nSPS) is 12.5. The van der Waals surface area contributed by atoms with Crippen molar-refractivity contribution in [2.24, 2.45) is 0 Å². The molecule has 0 amide bonds. The molecule has 0 radical (unpaired) electrons. The van der Waals surface area contributed by atoms with Crippen molar-refractivity contribution in [3.05, 3.63) is 113 Å². The summed E-state index contributed by atoms with van der Waals surface area (Å²) < 4.78 is 44.2. The van der Waals surface area contributed by atoms with E-state index in [1.54, 1.807) is 18.2 Å². The topological polar surface area (TPSA) is 135 Å². The highest BCUT2D eigenvalue weighted by Gasteiger charge is 2.17. The van der Waals surface area contributed by atoms with Crippen LogP contribution in [0.2, 0.25) is 0 Å². The highest BCUT2D eigenvalue weighted by atomic mass is 32.2. The van der Waals surface area contributed by atoms with Crippen molar-refractivity contribution in [1.29, 1.82) is 0 Å². The monoisotopic (exact) mass is 584 g/mol. The van der Waals surface area contributed by atoms with Crippen molar-refractivity contribution in [2.75, 3.05) is 6.26 Å². The van der Waals surface area contributed by atoms with Gasteiger partial charge in [0.2, 0.25) is 11.8 Å². The molecular formula is C31H25FN4O5S. The van der Waals surface area contributed by atoms with E-state index in [4.69, 9.17) is 9.84 Å². The second-order valence-electron chi connectivity index (χ2n) is 9.37. The number of carboxylic acid groups (broad SMARTS) is 1. The highest BCUT2D eigenvalue weighted by Crippen LogP contribution is 2.37. The second-order valence-corrected chi connectivity index (χ2v) is 11.3. The van der Waals surface area contributed by atoms with Crippen LogP contribution in [0.25, 0.3) is 28.1 Å². The Hall–Kier alpha value is -5.16. The lowest BCUT2D eigenvalue weighted by Gasteiger charge is -2.17. The molecule has 0 atom stereocenters. The van der Waals surface area contributed by atoms with Gasteiger partial charge < -0.3 is 9.84 Å². The lowest BCUT2D eigenvalue weighted by Crippen LogP contribution is -2.02. The number of allylic oxidation sites excluding steroid dienone is 1. The number of benzene rings is 3. The van der Waals surface area contributed by atoms with Gasteiger partial charge in [-0.2, -0.15) is 14.5 Å². The summed E-state index contributed by atoms with van der Waals surface area (Å²) in [6, 6.07) is 20.0. The number of H-pyrrole nitrogens is 1. The summed E-state index contributed by atoms with van der Waals surface area (Å²) in [5.74, 6) is -1.13. The summed E-state index contributed by atoms with van der Waals surface area (Å²) >= 11 is 0. The molecule has 2 N–H and O–H groups in total. The van der Waals surface area contributed by atoms with E-state index >= 15 is 0 Å². The number of sulfone groups is 1. The van der Waals surface area contributed by atoms with Crippen molar-refractivity contribution in [3.8, 4) is 11.6 Å². The Morgan fingerprint density at radius 1 is 1.02 bits per heavy atom. The molecule has 0 fully saturated rings. The summed E-state index contributed by atoms with van der Waals surface area (Å²) in [4.78, 5) is 19.0. The molecule has 42 heavy (non-hydrogen) atoms. The first kappa shape index (κ1) is 28.4. The average Bonchev–Trinajstić information content (AvgIpc) is 3.34. The van der Waals surface area contributed by atoms with Gasteiger partial charge in [0.05, 0.1) is 23.3 Å². The quantitative estimate of drug-likeness (QED) is 0.155. The van der Waals surface area contributed by atoms with Gasteiger partial charge in [-0.1, -0.05) is 49.4 Å². The van der Waals surface area contributed by atoms with Gasteiger partial charge in [0.25, 0.3) is 0 Å². The lowest BCUT2D eigenvalue weighted by molar-refractivity contribution is -0.131. The Morgan fingerprint density at radius 2 is 1.79 bits per heavy atom. The molecule has 0 bridgehead atoms. The van der Waals surface area contributed by atoms with E-state index in [9.17, 15) is 17.6 Å². The number of fused-ring (bicyclic) bond motifs is 1. The van der Waals surface area contributed by atoms with Crippen molar-refractivity contribution in [2.45, 2.75) is 18.4 Å².